The molecule has 0 saturated heterocycles. The van der Waals surface area contributed by atoms with Gasteiger partial charge in [-0.2, -0.15) is 11.8 Å². The average molecular weight is 236 g/mol. The molecule has 0 atom stereocenters. The highest BCUT2D eigenvalue weighted by molar-refractivity contribution is 7.98. The Hall–Kier alpha value is -0.670. The van der Waals surface area contributed by atoms with E-state index in [1.807, 2.05) is 23.9 Å². The molecule has 2 N–H and O–H groups in total. The van der Waals surface area contributed by atoms with Gasteiger partial charge in [0.05, 0.1) is 0 Å². The summed E-state index contributed by atoms with van der Waals surface area (Å²) in [5, 5.41) is 0. The predicted octanol–water partition coefficient (Wildman–Crippen LogP) is 2.60. The maximum atomic E-state index is 5.69. The third kappa shape index (κ3) is 3.42. The molecular weight excluding hydrogens is 216 g/mol. The summed E-state index contributed by atoms with van der Waals surface area (Å²) in [5.74, 6) is 1.23. The summed E-state index contributed by atoms with van der Waals surface area (Å²) < 4.78 is 0. The topological polar surface area (TPSA) is 29.3 Å². The number of nitrogens with two attached hydrogens (primary N) is 1. The molecule has 1 aliphatic rings. The van der Waals surface area contributed by atoms with Crippen molar-refractivity contribution in [2.45, 2.75) is 25.4 Å². The summed E-state index contributed by atoms with van der Waals surface area (Å²) >= 11 is 1.93. The SMILES string of the molecule is CSCCN(Cc1ccc(N)cc1)C1CC1. The Balaban J connectivity index is 1.91. The van der Waals surface area contributed by atoms with Gasteiger partial charge < -0.3 is 5.73 Å². The molecule has 0 unspecified atom stereocenters. The lowest BCUT2D eigenvalue weighted by Crippen LogP contribution is -2.27. The lowest BCUT2D eigenvalue weighted by Gasteiger charge is -2.21. The van der Waals surface area contributed by atoms with Crippen LogP contribution in [0.15, 0.2) is 24.3 Å². The van der Waals surface area contributed by atoms with E-state index in [1.165, 1.54) is 30.7 Å². The Bertz CT molecular complexity index is 319. The fourth-order valence-electron chi connectivity index (χ4n) is 1.90. The number of nitrogen functional groups attached to an aromatic ring is 1. The van der Waals surface area contributed by atoms with E-state index >= 15 is 0 Å². The van der Waals surface area contributed by atoms with Gasteiger partial charge in [-0.05, 0) is 36.8 Å². The Labute approximate surface area is 102 Å². The summed E-state index contributed by atoms with van der Waals surface area (Å²) in [6.07, 6.45) is 4.93. The fraction of sp³-hybridized carbons (Fsp3) is 0.538. The lowest BCUT2D eigenvalue weighted by atomic mass is 10.2. The molecule has 1 fully saturated rings. The second-order valence-electron chi connectivity index (χ2n) is 4.44. The summed E-state index contributed by atoms with van der Waals surface area (Å²) in [6, 6.07) is 9.11. The zero-order valence-electron chi connectivity index (χ0n) is 9.86. The Morgan fingerprint density at radius 3 is 2.56 bits per heavy atom. The van der Waals surface area contributed by atoms with E-state index in [-0.39, 0.29) is 0 Å². The average Bonchev–Trinajstić information content (AvgIpc) is 3.11. The van der Waals surface area contributed by atoms with Crippen LogP contribution >= 0.6 is 11.8 Å². The highest BCUT2D eigenvalue weighted by atomic mass is 32.2. The summed E-state index contributed by atoms with van der Waals surface area (Å²) in [5.41, 5.74) is 7.92. The number of nitrogens with zero attached hydrogens (tertiary/aromatic N) is 1. The molecule has 1 aliphatic carbocycles. The first-order valence-corrected chi connectivity index (χ1v) is 7.26. The van der Waals surface area contributed by atoms with Gasteiger partial charge in [0.15, 0.2) is 0 Å². The standard InChI is InChI=1S/C13H20N2S/c1-16-9-8-15(13-6-7-13)10-11-2-4-12(14)5-3-11/h2-5,13H,6-10,14H2,1H3. The first kappa shape index (κ1) is 11.8. The molecule has 0 radical (unpaired) electrons. The largest absolute Gasteiger partial charge is 0.399 e. The molecular formula is C13H20N2S. The number of benzene rings is 1. The van der Waals surface area contributed by atoms with Crippen LogP contribution in [0, 0.1) is 0 Å². The second-order valence-corrected chi connectivity index (χ2v) is 5.42. The quantitative estimate of drug-likeness (QED) is 0.770. The van der Waals surface area contributed by atoms with E-state index in [4.69, 9.17) is 5.73 Å². The van der Waals surface area contributed by atoms with Crippen molar-refractivity contribution in [1.82, 2.24) is 4.90 Å². The Morgan fingerprint density at radius 1 is 1.31 bits per heavy atom. The number of hydrogen-bond donors (Lipinski definition) is 1. The number of thioether (sulfide) groups is 1. The van der Waals surface area contributed by atoms with Crippen LogP contribution in [-0.2, 0) is 6.54 Å². The fourth-order valence-corrected chi connectivity index (χ4v) is 2.31. The van der Waals surface area contributed by atoms with Crippen molar-refractivity contribution in [2.24, 2.45) is 0 Å². The maximum Gasteiger partial charge on any atom is 0.0314 e. The minimum absolute atomic E-state index is 0.838. The smallest absolute Gasteiger partial charge is 0.0314 e. The van der Waals surface area contributed by atoms with Crippen molar-refractivity contribution < 1.29 is 0 Å². The highest BCUT2D eigenvalue weighted by Gasteiger charge is 2.28. The molecule has 2 nitrogen and oxygen atoms in total. The van der Waals surface area contributed by atoms with Crippen LogP contribution in [0.4, 0.5) is 5.69 Å². The van der Waals surface area contributed by atoms with Gasteiger partial charge >= 0.3 is 0 Å². The van der Waals surface area contributed by atoms with Crippen molar-refractivity contribution in [1.29, 1.82) is 0 Å². The normalized spacial score (nSPS) is 15.6. The van der Waals surface area contributed by atoms with Crippen LogP contribution in [0.25, 0.3) is 0 Å². The maximum absolute atomic E-state index is 5.69. The van der Waals surface area contributed by atoms with Gasteiger partial charge in [-0.15, -0.1) is 0 Å². The molecule has 0 aromatic heterocycles. The van der Waals surface area contributed by atoms with E-state index in [0.717, 1.165) is 18.3 Å². The Morgan fingerprint density at radius 2 is 2.00 bits per heavy atom. The minimum atomic E-state index is 0.838. The third-order valence-corrected chi connectivity index (χ3v) is 3.60. The van der Waals surface area contributed by atoms with Crippen LogP contribution in [0.2, 0.25) is 0 Å². The lowest BCUT2D eigenvalue weighted by molar-refractivity contribution is 0.272. The van der Waals surface area contributed by atoms with Crippen molar-refractivity contribution in [2.75, 3.05) is 24.3 Å². The number of rotatable bonds is 6. The van der Waals surface area contributed by atoms with Gasteiger partial charge in [-0.3, -0.25) is 4.90 Å². The van der Waals surface area contributed by atoms with Crippen LogP contribution in [0.1, 0.15) is 18.4 Å². The highest BCUT2D eigenvalue weighted by Crippen LogP contribution is 2.28. The van der Waals surface area contributed by atoms with Crippen LogP contribution < -0.4 is 5.73 Å². The third-order valence-electron chi connectivity index (χ3n) is 3.01. The summed E-state index contributed by atoms with van der Waals surface area (Å²) in [4.78, 5) is 2.60. The van der Waals surface area contributed by atoms with E-state index in [1.54, 1.807) is 0 Å². The molecule has 16 heavy (non-hydrogen) atoms. The zero-order valence-corrected chi connectivity index (χ0v) is 10.7. The van der Waals surface area contributed by atoms with Gasteiger partial charge in [0.25, 0.3) is 0 Å². The van der Waals surface area contributed by atoms with Crippen LogP contribution in [0.5, 0.6) is 0 Å². The first-order chi connectivity index (χ1) is 7.79. The summed E-state index contributed by atoms with van der Waals surface area (Å²) in [7, 11) is 0. The molecule has 0 bridgehead atoms. The van der Waals surface area contributed by atoms with Gasteiger partial charge in [-0.25, -0.2) is 0 Å². The second kappa shape index (κ2) is 5.60. The van der Waals surface area contributed by atoms with E-state index in [2.05, 4.69) is 23.3 Å². The minimum Gasteiger partial charge on any atom is -0.399 e. The van der Waals surface area contributed by atoms with Crippen molar-refractivity contribution in [3.63, 3.8) is 0 Å². The van der Waals surface area contributed by atoms with Crippen molar-refractivity contribution in [3.05, 3.63) is 29.8 Å². The molecule has 0 aliphatic heterocycles. The Kier molecular flexibility index (Phi) is 4.13. The predicted molar refractivity (Wildman–Crippen MR) is 72.7 cm³/mol. The van der Waals surface area contributed by atoms with E-state index in [9.17, 15) is 0 Å². The summed E-state index contributed by atoms with van der Waals surface area (Å²) in [6.45, 7) is 2.28. The molecule has 1 aromatic carbocycles. The molecule has 0 spiro atoms. The number of hydrogen-bond acceptors (Lipinski definition) is 3. The molecule has 3 heteroatoms. The van der Waals surface area contributed by atoms with Gasteiger partial charge in [0, 0.05) is 30.6 Å². The molecule has 0 heterocycles. The van der Waals surface area contributed by atoms with Gasteiger partial charge in [0.1, 0.15) is 0 Å². The van der Waals surface area contributed by atoms with Crippen LogP contribution in [-0.4, -0.2) is 29.5 Å². The van der Waals surface area contributed by atoms with Crippen molar-refractivity contribution >= 4 is 17.4 Å². The van der Waals surface area contributed by atoms with Gasteiger partial charge in [0.2, 0.25) is 0 Å². The van der Waals surface area contributed by atoms with E-state index < -0.39 is 0 Å². The molecule has 1 aromatic rings. The zero-order chi connectivity index (χ0) is 11.4. The van der Waals surface area contributed by atoms with Crippen LogP contribution in [0.3, 0.4) is 0 Å². The number of anilines is 1. The van der Waals surface area contributed by atoms with Crippen molar-refractivity contribution in [3.8, 4) is 0 Å². The first-order valence-electron chi connectivity index (χ1n) is 5.87. The molecule has 1 saturated carbocycles. The van der Waals surface area contributed by atoms with E-state index in [0.29, 0.717) is 0 Å². The monoisotopic (exact) mass is 236 g/mol. The molecule has 2 rings (SSSR count). The molecule has 88 valence electrons. The van der Waals surface area contributed by atoms with Gasteiger partial charge in [-0.1, -0.05) is 12.1 Å². The molecule has 0 amide bonds.